The number of nitrogens with zero attached hydrogens (tertiary/aromatic N) is 2. The molecule has 1 saturated heterocycles. The van der Waals surface area contributed by atoms with Crippen LogP contribution in [-0.2, 0) is 22.8 Å². The Bertz CT molecular complexity index is 1830. The Morgan fingerprint density at radius 3 is 2.33 bits per heavy atom. The molecule has 0 atom stereocenters. The fourth-order valence-electron chi connectivity index (χ4n) is 4.38. The van der Waals surface area contributed by atoms with E-state index in [1.54, 1.807) is 48.5 Å². The van der Waals surface area contributed by atoms with Gasteiger partial charge in [0, 0.05) is 16.6 Å². The predicted octanol–water partition coefficient (Wildman–Crippen LogP) is 6.79. The van der Waals surface area contributed by atoms with E-state index < -0.39 is 22.8 Å². The highest BCUT2D eigenvalue weighted by atomic mass is 127. The van der Waals surface area contributed by atoms with Crippen molar-refractivity contribution in [1.82, 2.24) is 5.32 Å². The summed E-state index contributed by atoms with van der Waals surface area (Å²) in [5.74, 6) is -0.407. The molecule has 228 valence electrons. The number of ether oxygens (including phenoxy) is 3. The molecule has 1 heterocycles. The molecule has 45 heavy (non-hydrogen) atoms. The second kappa shape index (κ2) is 13.9. The SMILES string of the molecule is COc1cc(/C=C2\C(=O)NC(=O)N(c3ccc(OCc4ccc(Br)cc4)cc3)C2=O)cc(I)c1OCc1cccc([N+](=O)[O-])c1. The van der Waals surface area contributed by atoms with E-state index in [-0.39, 0.29) is 23.6 Å². The molecule has 11 nitrogen and oxygen atoms in total. The highest BCUT2D eigenvalue weighted by Gasteiger charge is 2.37. The third kappa shape index (κ3) is 7.49. The molecule has 0 saturated carbocycles. The summed E-state index contributed by atoms with van der Waals surface area (Å²) < 4.78 is 18.8. The molecular weight excluding hydrogens is 761 g/mol. The van der Waals surface area contributed by atoms with Gasteiger partial charge in [-0.3, -0.25) is 25.0 Å². The fourth-order valence-corrected chi connectivity index (χ4v) is 5.42. The molecule has 4 aromatic rings. The molecule has 0 aliphatic carbocycles. The molecular formula is C32H23BrIN3O8. The van der Waals surface area contributed by atoms with Gasteiger partial charge in [0.05, 0.1) is 21.3 Å². The Labute approximate surface area is 279 Å². The molecule has 0 bridgehead atoms. The standard InChI is InChI=1S/C32H23BrIN3O8/c1-43-28-16-21(15-27(34)29(28)45-18-20-3-2-4-24(13-20)37(41)42)14-26-30(38)35-32(40)36(31(26)39)23-9-11-25(12-10-23)44-17-19-5-7-22(33)8-6-19/h2-16H,17-18H2,1H3,(H,35,38,40)/b26-14+. The first-order chi connectivity index (χ1) is 21.6. The Morgan fingerprint density at radius 2 is 1.64 bits per heavy atom. The van der Waals surface area contributed by atoms with Crippen LogP contribution in [0.15, 0.2) is 95.0 Å². The Balaban J connectivity index is 1.33. The Morgan fingerprint density at radius 1 is 0.933 bits per heavy atom. The van der Waals surface area contributed by atoms with Crippen LogP contribution in [0.1, 0.15) is 16.7 Å². The highest BCUT2D eigenvalue weighted by Crippen LogP contribution is 2.36. The van der Waals surface area contributed by atoms with Crippen LogP contribution >= 0.6 is 38.5 Å². The van der Waals surface area contributed by atoms with Crippen LogP contribution < -0.4 is 24.4 Å². The Hall–Kier alpha value is -4.76. The number of barbiturate groups is 1. The van der Waals surface area contributed by atoms with Crippen molar-refractivity contribution in [3.8, 4) is 17.2 Å². The van der Waals surface area contributed by atoms with Crippen LogP contribution in [0.3, 0.4) is 0 Å². The minimum Gasteiger partial charge on any atom is -0.493 e. The zero-order valence-electron chi connectivity index (χ0n) is 23.5. The average Bonchev–Trinajstić information content (AvgIpc) is 3.02. The number of urea groups is 1. The van der Waals surface area contributed by atoms with Gasteiger partial charge in [-0.15, -0.1) is 0 Å². The van der Waals surface area contributed by atoms with Gasteiger partial charge in [-0.1, -0.05) is 40.2 Å². The first kappa shape index (κ1) is 31.7. The molecule has 0 aromatic heterocycles. The molecule has 0 radical (unpaired) electrons. The fraction of sp³-hybridized carbons (Fsp3) is 0.0938. The summed E-state index contributed by atoms with van der Waals surface area (Å²) in [6, 6.07) is 22.5. The van der Waals surface area contributed by atoms with Gasteiger partial charge in [-0.2, -0.15) is 0 Å². The van der Waals surface area contributed by atoms with Crippen LogP contribution in [0.25, 0.3) is 6.08 Å². The number of halogens is 2. The van der Waals surface area contributed by atoms with E-state index in [1.807, 2.05) is 46.9 Å². The zero-order chi connectivity index (χ0) is 32.1. The minimum absolute atomic E-state index is 0.0422. The van der Waals surface area contributed by atoms with Crippen molar-refractivity contribution in [3.05, 3.63) is 125 Å². The lowest BCUT2D eigenvalue weighted by Gasteiger charge is -2.26. The number of nitro groups is 1. The molecule has 0 unspecified atom stereocenters. The number of amides is 4. The van der Waals surface area contributed by atoms with Crippen molar-refractivity contribution in [2.45, 2.75) is 13.2 Å². The Kier molecular flexibility index (Phi) is 9.78. The maximum Gasteiger partial charge on any atom is 0.335 e. The van der Waals surface area contributed by atoms with E-state index in [0.29, 0.717) is 38.6 Å². The molecule has 5 rings (SSSR count). The summed E-state index contributed by atoms with van der Waals surface area (Å²) in [5, 5.41) is 13.3. The number of nitro benzene ring substituents is 1. The van der Waals surface area contributed by atoms with Crippen LogP contribution in [-0.4, -0.2) is 29.9 Å². The maximum atomic E-state index is 13.5. The number of hydrogen-bond donors (Lipinski definition) is 1. The molecule has 1 fully saturated rings. The zero-order valence-corrected chi connectivity index (χ0v) is 27.2. The first-order valence-electron chi connectivity index (χ1n) is 13.3. The second-order valence-electron chi connectivity index (χ2n) is 9.62. The van der Waals surface area contributed by atoms with E-state index in [2.05, 4.69) is 21.2 Å². The number of carbonyl (C=O) groups excluding carboxylic acids is 3. The minimum atomic E-state index is -0.872. The molecule has 0 spiro atoms. The first-order valence-corrected chi connectivity index (χ1v) is 15.1. The second-order valence-corrected chi connectivity index (χ2v) is 11.7. The lowest BCUT2D eigenvalue weighted by atomic mass is 10.1. The van der Waals surface area contributed by atoms with E-state index in [1.165, 1.54) is 25.3 Å². The van der Waals surface area contributed by atoms with Crippen molar-refractivity contribution in [2.75, 3.05) is 12.0 Å². The van der Waals surface area contributed by atoms with Crippen LogP contribution in [0, 0.1) is 13.7 Å². The van der Waals surface area contributed by atoms with Gasteiger partial charge in [0.1, 0.15) is 24.5 Å². The van der Waals surface area contributed by atoms with Gasteiger partial charge < -0.3 is 14.2 Å². The molecule has 4 amide bonds. The number of anilines is 1. The van der Waals surface area contributed by atoms with Gasteiger partial charge in [-0.25, -0.2) is 9.69 Å². The van der Waals surface area contributed by atoms with E-state index in [4.69, 9.17) is 14.2 Å². The van der Waals surface area contributed by atoms with Gasteiger partial charge in [-0.05, 0) is 93.9 Å². The van der Waals surface area contributed by atoms with Crippen LogP contribution in [0.5, 0.6) is 17.2 Å². The monoisotopic (exact) mass is 783 g/mol. The predicted molar refractivity (Wildman–Crippen MR) is 177 cm³/mol. The summed E-state index contributed by atoms with van der Waals surface area (Å²) in [5.41, 5.74) is 1.95. The summed E-state index contributed by atoms with van der Waals surface area (Å²) in [6.07, 6.45) is 1.36. The van der Waals surface area contributed by atoms with Crippen molar-refractivity contribution >= 4 is 73.8 Å². The normalized spacial score (nSPS) is 13.9. The maximum absolute atomic E-state index is 13.5. The van der Waals surface area contributed by atoms with E-state index in [9.17, 15) is 24.5 Å². The molecule has 4 aromatic carbocycles. The topological polar surface area (TPSA) is 137 Å². The van der Waals surface area contributed by atoms with Gasteiger partial charge in [0.25, 0.3) is 17.5 Å². The highest BCUT2D eigenvalue weighted by molar-refractivity contribution is 14.1. The lowest BCUT2D eigenvalue weighted by molar-refractivity contribution is -0.384. The summed E-state index contributed by atoms with van der Waals surface area (Å²) >= 11 is 5.42. The number of imide groups is 2. The summed E-state index contributed by atoms with van der Waals surface area (Å²) in [6.45, 7) is 0.374. The molecule has 1 aliphatic heterocycles. The smallest absolute Gasteiger partial charge is 0.335 e. The molecule has 1 N–H and O–H groups in total. The van der Waals surface area contributed by atoms with Crippen LogP contribution in [0.2, 0.25) is 0 Å². The van der Waals surface area contributed by atoms with Crippen molar-refractivity contribution in [2.24, 2.45) is 0 Å². The van der Waals surface area contributed by atoms with Crippen molar-refractivity contribution < 1.29 is 33.5 Å². The number of hydrogen-bond acceptors (Lipinski definition) is 8. The average molecular weight is 784 g/mol. The van der Waals surface area contributed by atoms with Gasteiger partial charge in [0.15, 0.2) is 11.5 Å². The summed E-state index contributed by atoms with van der Waals surface area (Å²) in [7, 11) is 1.44. The van der Waals surface area contributed by atoms with Crippen molar-refractivity contribution in [3.63, 3.8) is 0 Å². The lowest BCUT2D eigenvalue weighted by Crippen LogP contribution is -2.54. The summed E-state index contributed by atoms with van der Waals surface area (Å²) in [4.78, 5) is 50.4. The van der Waals surface area contributed by atoms with Gasteiger partial charge in [0.2, 0.25) is 0 Å². The number of non-ortho nitro benzene ring substituents is 1. The number of carbonyl (C=O) groups is 3. The van der Waals surface area contributed by atoms with E-state index >= 15 is 0 Å². The third-order valence-corrected chi connectivity index (χ3v) is 7.91. The van der Waals surface area contributed by atoms with E-state index in [0.717, 1.165) is 14.9 Å². The number of methoxy groups -OCH3 is 1. The largest absolute Gasteiger partial charge is 0.493 e. The number of rotatable bonds is 10. The van der Waals surface area contributed by atoms with Gasteiger partial charge >= 0.3 is 6.03 Å². The third-order valence-electron chi connectivity index (χ3n) is 6.58. The quantitative estimate of drug-likeness (QED) is 0.0610. The number of benzene rings is 4. The molecule has 13 heteroatoms. The van der Waals surface area contributed by atoms with Crippen LogP contribution in [0.4, 0.5) is 16.2 Å². The number of nitrogens with one attached hydrogen (secondary N) is 1. The molecule has 1 aliphatic rings. The van der Waals surface area contributed by atoms with Crippen molar-refractivity contribution in [1.29, 1.82) is 0 Å².